The number of rotatable bonds is 5. The number of carbonyl (C=O) groups is 2. The van der Waals surface area contributed by atoms with Gasteiger partial charge in [-0.25, -0.2) is 4.79 Å². The Kier molecular flexibility index (Phi) is 3.74. The van der Waals surface area contributed by atoms with E-state index in [4.69, 9.17) is 15.3 Å². The average molecular weight is 274 g/mol. The van der Waals surface area contributed by atoms with Gasteiger partial charge in [-0.15, -0.1) is 0 Å². The smallest absolute Gasteiger partial charge is 0.339 e. The summed E-state index contributed by atoms with van der Waals surface area (Å²) in [5, 5.41) is 11.9. The van der Waals surface area contributed by atoms with Crippen molar-refractivity contribution in [3.05, 3.63) is 53.0 Å². The lowest BCUT2D eigenvalue weighted by Gasteiger charge is -2.08. The van der Waals surface area contributed by atoms with Crippen LogP contribution in [-0.4, -0.2) is 17.0 Å². The standard InChI is InChI=1S/C14H14N2O4/c1-8-11(14(18)19)6-9(20-8)7-16-12-5-3-2-4-10(12)13(15)17/h2-6,16H,7H2,1H3,(H2,15,17)(H,18,19). The molecule has 0 bridgehead atoms. The number of hydrogen-bond acceptors (Lipinski definition) is 4. The molecule has 6 nitrogen and oxygen atoms in total. The summed E-state index contributed by atoms with van der Waals surface area (Å²) in [7, 11) is 0. The molecule has 20 heavy (non-hydrogen) atoms. The van der Waals surface area contributed by atoms with E-state index in [0.29, 0.717) is 22.8 Å². The molecule has 0 radical (unpaired) electrons. The third kappa shape index (κ3) is 2.80. The first-order chi connectivity index (χ1) is 9.49. The summed E-state index contributed by atoms with van der Waals surface area (Å²) >= 11 is 0. The highest BCUT2D eigenvalue weighted by Gasteiger charge is 2.14. The number of carbonyl (C=O) groups excluding carboxylic acids is 1. The third-order valence-electron chi connectivity index (χ3n) is 2.84. The fourth-order valence-electron chi connectivity index (χ4n) is 1.88. The average Bonchev–Trinajstić information content (AvgIpc) is 2.78. The zero-order valence-corrected chi connectivity index (χ0v) is 10.8. The van der Waals surface area contributed by atoms with E-state index in [2.05, 4.69) is 5.32 Å². The monoisotopic (exact) mass is 274 g/mol. The molecule has 6 heteroatoms. The Labute approximate surface area is 115 Å². The molecular formula is C14H14N2O4. The highest BCUT2D eigenvalue weighted by molar-refractivity contribution is 5.98. The maximum absolute atomic E-state index is 11.3. The quantitative estimate of drug-likeness (QED) is 0.773. The molecule has 1 amide bonds. The van der Waals surface area contributed by atoms with Gasteiger partial charge in [0.15, 0.2) is 0 Å². The number of nitrogens with one attached hydrogen (secondary N) is 1. The van der Waals surface area contributed by atoms with Crippen LogP contribution in [-0.2, 0) is 6.54 Å². The molecule has 0 aliphatic carbocycles. The largest absolute Gasteiger partial charge is 0.478 e. The van der Waals surface area contributed by atoms with Crippen molar-refractivity contribution in [2.24, 2.45) is 5.73 Å². The lowest BCUT2D eigenvalue weighted by Crippen LogP contribution is -2.14. The summed E-state index contributed by atoms with van der Waals surface area (Å²) < 4.78 is 5.34. The summed E-state index contributed by atoms with van der Waals surface area (Å²) in [6.45, 7) is 1.85. The van der Waals surface area contributed by atoms with Gasteiger partial charge in [-0.05, 0) is 25.1 Å². The zero-order valence-electron chi connectivity index (χ0n) is 10.8. The summed E-state index contributed by atoms with van der Waals surface area (Å²) in [5.41, 5.74) is 6.35. The molecule has 2 aromatic rings. The number of aryl methyl sites for hydroxylation is 1. The van der Waals surface area contributed by atoms with E-state index in [1.54, 1.807) is 31.2 Å². The normalized spacial score (nSPS) is 10.2. The molecule has 0 unspecified atom stereocenters. The molecule has 0 atom stereocenters. The van der Waals surface area contributed by atoms with Crippen LogP contribution < -0.4 is 11.1 Å². The molecule has 1 heterocycles. The maximum Gasteiger partial charge on any atom is 0.339 e. The van der Waals surface area contributed by atoms with Crippen molar-refractivity contribution in [3.63, 3.8) is 0 Å². The first kappa shape index (κ1) is 13.7. The van der Waals surface area contributed by atoms with Crippen molar-refractivity contribution in [1.82, 2.24) is 0 Å². The van der Waals surface area contributed by atoms with Gasteiger partial charge in [0.2, 0.25) is 0 Å². The minimum Gasteiger partial charge on any atom is -0.478 e. The molecule has 0 aliphatic heterocycles. The van der Waals surface area contributed by atoms with Gasteiger partial charge in [0.25, 0.3) is 5.91 Å². The van der Waals surface area contributed by atoms with Crippen LogP contribution in [0, 0.1) is 6.92 Å². The number of furan rings is 1. The van der Waals surface area contributed by atoms with Crippen LogP contribution in [0.4, 0.5) is 5.69 Å². The Morgan fingerprint density at radius 1 is 1.30 bits per heavy atom. The van der Waals surface area contributed by atoms with Gasteiger partial charge in [-0.3, -0.25) is 4.79 Å². The van der Waals surface area contributed by atoms with E-state index >= 15 is 0 Å². The van der Waals surface area contributed by atoms with Crippen molar-refractivity contribution >= 4 is 17.6 Å². The van der Waals surface area contributed by atoms with E-state index < -0.39 is 11.9 Å². The Morgan fingerprint density at radius 3 is 2.60 bits per heavy atom. The van der Waals surface area contributed by atoms with Gasteiger partial charge >= 0.3 is 5.97 Å². The van der Waals surface area contributed by atoms with Crippen molar-refractivity contribution in [2.75, 3.05) is 5.32 Å². The van der Waals surface area contributed by atoms with Crippen LogP contribution >= 0.6 is 0 Å². The predicted molar refractivity (Wildman–Crippen MR) is 72.7 cm³/mol. The van der Waals surface area contributed by atoms with Crippen LogP contribution in [0.5, 0.6) is 0 Å². The molecular weight excluding hydrogens is 260 g/mol. The van der Waals surface area contributed by atoms with Crippen LogP contribution in [0.2, 0.25) is 0 Å². The second-order valence-electron chi connectivity index (χ2n) is 4.25. The Hall–Kier alpha value is -2.76. The summed E-state index contributed by atoms with van der Waals surface area (Å²) in [6.07, 6.45) is 0. The lowest BCUT2D eigenvalue weighted by atomic mass is 10.1. The van der Waals surface area contributed by atoms with E-state index in [9.17, 15) is 9.59 Å². The summed E-state index contributed by atoms with van der Waals surface area (Å²) in [4.78, 5) is 22.2. The van der Waals surface area contributed by atoms with Gasteiger partial charge in [0.1, 0.15) is 17.1 Å². The summed E-state index contributed by atoms with van der Waals surface area (Å²) in [5.74, 6) is -0.748. The van der Waals surface area contributed by atoms with E-state index in [0.717, 1.165) is 0 Å². The number of para-hydroxylation sites is 1. The minimum atomic E-state index is -1.03. The van der Waals surface area contributed by atoms with Gasteiger partial charge in [-0.2, -0.15) is 0 Å². The van der Waals surface area contributed by atoms with E-state index in [-0.39, 0.29) is 12.1 Å². The third-order valence-corrected chi connectivity index (χ3v) is 2.84. The highest BCUT2D eigenvalue weighted by atomic mass is 16.4. The van der Waals surface area contributed by atoms with E-state index in [1.165, 1.54) is 6.07 Å². The molecule has 104 valence electrons. The molecule has 1 aromatic heterocycles. The highest BCUT2D eigenvalue weighted by Crippen LogP contribution is 2.18. The second kappa shape index (κ2) is 5.48. The number of aromatic carboxylic acids is 1. The number of carboxylic acids is 1. The number of hydrogen-bond donors (Lipinski definition) is 3. The van der Waals surface area contributed by atoms with Crippen LogP contribution in [0.15, 0.2) is 34.7 Å². The first-order valence-electron chi connectivity index (χ1n) is 5.94. The number of primary amides is 1. The molecule has 0 spiro atoms. The predicted octanol–water partition coefficient (Wildman–Crippen LogP) is 2.00. The van der Waals surface area contributed by atoms with Crippen LogP contribution in [0.3, 0.4) is 0 Å². The number of benzene rings is 1. The van der Waals surface area contributed by atoms with Gasteiger partial charge in [0.05, 0.1) is 12.1 Å². The Bertz CT molecular complexity index is 661. The topological polar surface area (TPSA) is 106 Å². The molecule has 2 rings (SSSR count). The molecule has 0 aliphatic rings. The number of anilines is 1. The van der Waals surface area contributed by atoms with Crippen molar-refractivity contribution in [1.29, 1.82) is 0 Å². The number of nitrogens with two attached hydrogens (primary N) is 1. The summed E-state index contributed by atoms with van der Waals surface area (Å²) in [6, 6.07) is 8.27. The molecule has 0 saturated heterocycles. The first-order valence-corrected chi connectivity index (χ1v) is 5.94. The molecule has 0 saturated carbocycles. The lowest BCUT2D eigenvalue weighted by molar-refractivity contribution is 0.0694. The SMILES string of the molecule is Cc1oc(CNc2ccccc2C(N)=O)cc1C(=O)O. The second-order valence-corrected chi connectivity index (χ2v) is 4.25. The van der Waals surface area contributed by atoms with E-state index in [1.807, 2.05) is 0 Å². The molecule has 0 fully saturated rings. The van der Waals surface area contributed by atoms with Crippen molar-refractivity contribution < 1.29 is 19.1 Å². The van der Waals surface area contributed by atoms with Gasteiger partial charge in [0, 0.05) is 5.69 Å². The number of amides is 1. The minimum absolute atomic E-state index is 0.130. The fraction of sp³-hybridized carbons (Fsp3) is 0.143. The van der Waals surface area contributed by atoms with Crippen LogP contribution in [0.1, 0.15) is 32.2 Å². The number of carboxylic acid groups (broad SMARTS) is 1. The molecule has 4 N–H and O–H groups in total. The fourth-order valence-corrected chi connectivity index (χ4v) is 1.88. The van der Waals surface area contributed by atoms with Crippen LogP contribution in [0.25, 0.3) is 0 Å². The maximum atomic E-state index is 11.3. The Morgan fingerprint density at radius 2 is 2.00 bits per heavy atom. The Balaban J connectivity index is 2.15. The molecule has 1 aromatic carbocycles. The zero-order chi connectivity index (χ0) is 14.7. The van der Waals surface area contributed by atoms with Crippen molar-refractivity contribution in [2.45, 2.75) is 13.5 Å². The van der Waals surface area contributed by atoms with Crippen molar-refractivity contribution in [3.8, 4) is 0 Å². The van der Waals surface area contributed by atoms with Gasteiger partial charge < -0.3 is 20.6 Å². The van der Waals surface area contributed by atoms with Gasteiger partial charge in [-0.1, -0.05) is 12.1 Å².